The lowest BCUT2D eigenvalue weighted by Gasteiger charge is -2.34. The Labute approximate surface area is 105 Å². The molecule has 0 saturated carbocycles. The SMILES string of the molecule is CCCN1CCN(CCCCC(N)=S)CC1. The maximum Gasteiger partial charge on any atom is 0.0727 e. The van der Waals surface area contributed by atoms with Gasteiger partial charge in [0.05, 0.1) is 4.99 Å². The number of piperazine rings is 1. The van der Waals surface area contributed by atoms with Crippen molar-refractivity contribution in [2.75, 3.05) is 39.3 Å². The Morgan fingerprint density at radius 2 is 1.62 bits per heavy atom. The van der Waals surface area contributed by atoms with Gasteiger partial charge in [0.2, 0.25) is 0 Å². The molecular weight excluding hydrogens is 218 g/mol. The topological polar surface area (TPSA) is 32.5 Å². The predicted molar refractivity (Wildman–Crippen MR) is 73.8 cm³/mol. The van der Waals surface area contributed by atoms with Crippen molar-refractivity contribution < 1.29 is 0 Å². The highest BCUT2D eigenvalue weighted by atomic mass is 32.1. The van der Waals surface area contributed by atoms with Crippen molar-refractivity contribution in [2.45, 2.75) is 32.6 Å². The summed E-state index contributed by atoms with van der Waals surface area (Å²) in [6.07, 6.45) is 4.55. The molecule has 0 aromatic carbocycles. The van der Waals surface area contributed by atoms with Gasteiger partial charge in [0, 0.05) is 26.2 Å². The molecule has 94 valence electrons. The zero-order valence-electron chi connectivity index (χ0n) is 10.5. The highest BCUT2D eigenvalue weighted by molar-refractivity contribution is 7.80. The molecule has 1 saturated heterocycles. The summed E-state index contributed by atoms with van der Waals surface area (Å²) in [7, 11) is 0. The number of thiocarbonyl (C=S) groups is 1. The van der Waals surface area contributed by atoms with Crippen LogP contribution >= 0.6 is 12.2 Å². The van der Waals surface area contributed by atoms with Crippen molar-refractivity contribution in [1.82, 2.24) is 9.80 Å². The van der Waals surface area contributed by atoms with Crippen molar-refractivity contribution in [3.8, 4) is 0 Å². The lowest BCUT2D eigenvalue weighted by molar-refractivity contribution is 0.131. The average Bonchev–Trinajstić information content (AvgIpc) is 2.27. The lowest BCUT2D eigenvalue weighted by Crippen LogP contribution is -2.46. The van der Waals surface area contributed by atoms with E-state index in [-0.39, 0.29) is 0 Å². The fourth-order valence-electron chi connectivity index (χ4n) is 2.19. The monoisotopic (exact) mass is 243 g/mol. The molecule has 0 aromatic rings. The van der Waals surface area contributed by atoms with E-state index in [1.54, 1.807) is 0 Å². The molecule has 16 heavy (non-hydrogen) atoms. The zero-order chi connectivity index (χ0) is 11.8. The van der Waals surface area contributed by atoms with E-state index in [0.717, 1.165) is 12.8 Å². The molecule has 4 heteroatoms. The Bertz CT molecular complexity index is 200. The van der Waals surface area contributed by atoms with Crippen LogP contribution < -0.4 is 5.73 Å². The summed E-state index contributed by atoms with van der Waals surface area (Å²) in [6, 6.07) is 0. The molecule has 1 fully saturated rings. The molecule has 0 aromatic heterocycles. The number of nitrogens with two attached hydrogens (primary N) is 1. The minimum absolute atomic E-state index is 0.660. The molecule has 0 radical (unpaired) electrons. The molecule has 0 aliphatic carbocycles. The molecule has 1 heterocycles. The summed E-state index contributed by atoms with van der Waals surface area (Å²) in [5.41, 5.74) is 5.47. The van der Waals surface area contributed by atoms with Crippen molar-refractivity contribution >= 4 is 17.2 Å². The molecule has 0 bridgehead atoms. The van der Waals surface area contributed by atoms with E-state index in [9.17, 15) is 0 Å². The molecular formula is C12H25N3S. The molecule has 0 atom stereocenters. The van der Waals surface area contributed by atoms with Gasteiger partial charge >= 0.3 is 0 Å². The molecule has 0 spiro atoms. The standard InChI is InChI=1S/C12H25N3S/c1-2-6-14-8-10-15(11-9-14)7-4-3-5-12(13)16/h2-11H2,1H3,(H2,13,16). The Kier molecular flexibility index (Phi) is 6.92. The summed E-state index contributed by atoms with van der Waals surface area (Å²) in [5, 5.41) is 0. The van der Waals surface area contributed by atoms with Crippen LogP contribution in [0, 0.1) is 0 Å². The van der Waals surface area contributed by atoms with Crippen molar-refractivity contribution in [3.63, 3.8) is 0 Å². The van der Waals surface area contributed by atoms with E-state index in [1.165, 1.54) is 52.1 Å². The average molecular weight is 243 g/mol. The third-order valence-electron chi connectivity index (χ3n) is 3.15. The fraction of sp³-hybridized carbons (Fsp3) is 0.917. The van der Waals surface area contributed by atoms with E-state index >= 15 is 0 Å². The van der Waals surface area contributed by atoms with Crippen LogP contribution in [0.3, 0.4) is 0 Å². The van der Waals surface area contributed by atoms with Gasteiger partial charge in [-0.1, -0.05) is 19.1 Å². The highest BCUT2D eigenvalue weighted by Crippen LogP contribution is 2.05. The van der Waals surface area contributed by atoms with Gasteiger partial charge in [-0.3, -0.25) is 0 Å². The number of unbranched alkanes of at least 4 members (excludes halogenated alkanes) is 1. The summed E-state index contributed by atoms with van der Waals surface area (Å²) < 4.78 is 0. The number of hydrogen-bond donors (Lipinski definition) is 1. The van der Waals surface area contributed by atoms with E-state index < -0.39 is 0 Å². The summed E-state index contributed by atoms with van der Waals surface area (Å²) in [5.74, 6) is 0. The Balaban J connectivity index is 2.01. The Morgan fingerprint density at radius 1 is 1.06 bits per heavy atom. The van der Waals surface area contributed by atoms with Gasteiger partial charge in [-0.05, 0) is 38.8 Å². The van der Waals surface area contributed by atoms with E-state index in [1.807, 2.05) is 0 Å². The van der Waals surface area contributed by atoms with Crippen molar-refractivity contribution in [1.29, 1.82) is 0 Å². The van der Waals surface area contributed by atoms with Crippen LogP contribution in [0.5, 0.6) is 0 Å². The van der Waals surface area contributed by atoms with Gasteiger partial charge in [-0.2, -0.15) is 0 Å². The minimum atomic E-state index is 0.660. The second-order valence-corrected chi connectivity index (χ2v) is 5.13. The fourth-order valence-corrected chi connectivity index (χ4v) is 2.33. The van der Waals surface area contributed by atoms with Gasteiger partial charge in [-0.25, -0.2) is 0 Å². The third kappa shape index (κ3) is 5.77. The molecule has 3 nitrogen and oxygen atoms in total. The van der Waals surface area contributed by atoms with E-state index in [0.29, 0.717) is 4.99 Å². The first-order valence-corrected chi connectivity index (χ1v) is 6.86. The molecule has 0 unspecified atom stereocenters. The largest absolute Gasteiger partial charge is 0.393 e. The quantitative estimate of drug-likeness (QED) is 0.542. The van der Waals surface area contributed by atoms with E-state index in [2.05, 4.69) is 16.7 Å². The van der Waals surface area contributed by atoms with E-state index in [4.69, 9.17) is 18.0 Å². The first-order chi connectivity index (χ1) is 7.72. The van der Waals surface area contributed by atoms with Crippen molar-refractivity contribution in [2.24, 2.45) is 5.73 Å². The van der Waals surface area contributed by atoms with Crippen LogP contribution in [0.15, 0.2) is 0 Å². The predicted octanol–water partition coefficient (Wildman–Crippen LogP) is 1.47. The normalized spacial score (nSPS) is 18.8. The first-order valence-electron chi connectivity index (χ1n) is 6.45. The summed E-state index contributed by atoms with van der Waals surface area (Å²) >= 11 is 4.87. The summed E-state index contributed by atoms with van der Waals surface area (Å²) in [4.78, 5) is 5.78. The van der Waals surface area contributed by atoms with Crippen LogP contribution in [0.1, 0.15) is 32.6 Å². The smallest absolute Gasteiger partial charge is 0.0727 e. The van der Waals surface area contributed by atoms with Crippen LogP contribution in [0.2, 0.25) is 0 Å². The molecule has 2 N–H and O–H groups in total. The maximum atomic E-state index is 5.47. The minimum Gasteiger partial charge on any atom is -0.393 e. The highest BCUT2D eigenvalue weighted by Gasteiger charge is 2.14. The van der Waals surface area contributed by atoms with Crippen LogP contribution in [-0.2, 0) is 0 Å². The number of rotatable bonds is 7. The number of hydrogen-bond acceptors (Lipinski definition) is 3. The van der Waals surface area contributed by atoms with Gasteiger partial charge in [-0.15, -0.1) is 0 Å². The van der Waals surface area contributed by atoms with Crippen molar-refractivity contribution in [3.05, 3.63) is 0 Å². The Morgan fingerprint density at radius 3 is 2.12 bits per heavy atom. The second kappa shape index (κ2) is 7.98. The van der Waals surface area contributed by atoms with Gasteiger partial charge in [0.25, 0.3) is 0 Å². The summed E-state index contributed by atoms with van der Waals surface area (Å²) in [6.45, 7) is 9.66. The number of nitrogens with zero attached hydrogens (tertiary/aromatic N) is 2. The van der Waals surface area contributed by atoms with Crippen LogP contribution in [-0.4, -0.2) is 54.1 Å². The zero-order valence-corrected chi connectivity index (χ0v) is 11.3. The van der Waals surface area contributed by atoms with Gasteiger partial charge < -0.3 is 15.5 Å². The molecule has 1 rings (SSSR count). The first kappa shape index (κ1) is 13.9. The molecule has 1 aliphatic rings. The van der Waals surface area contributed by atoms with Gasteiger partial charge in [0.15, 0.2) is 0 Å². The Hall–Kier alpha value is -0.190. The molecule has 1 aliphatic heterocycles. The maximum absolute atomic E-state index is 5.47. The van der Waals surface area contributed by atoms with Crippen LogP contribution in [0.25, 0.3) is 0 Å². The van der Waals surface area contributed by atoms with Crippen LogP contribution in [0.4, 0.5) is 0 Å². The third-order valence-corrected chi connectivity index (χ3v) is 3.36. The molecule has 0 amide bonds. The van der Waals surface area contributed by atoms with Gasteiger partial charge in [0.1, 0.15) is 0 Å². The lowest BCUT2D eigenvalue weighted by atomic mass is 10.2. The second-order valence-electron chi connectivity index (χ2n) is 4.61.